The van der Waals surface area contributed by atoms with E-state index in [4.69, 9.17) is 16.2 Å². The maximum Gasteiger partial charge on any atom is 0.405 e. The van der Waals surface area contributed by atoms with Crippen LogP contribution in [0.1, 0.15) is 40.0 Å². The summed E-state index contributed by atoms with van der Waals surface area (Å²) < 4.78 is 32.8. The molecule has 9 nitrogen and oxygen atoms in total. The van der Waals surface area contributed by atoms with Crippen LogP contribution in [0, 0.1) is 11.3 Å². The van der Waals surface area contributed by atoms with Crippen LogP contribution < -0.4 is 21.5 Å². The Morgan fingerprint density at radius 2 is 1.76 bits per heavy atom. The quantitative estimate of drug-likeness (QED) is 0.449. The Hall–Kier alpha value is -3.27. The normalized spacial score (nSPS) is 20.4. The van der Waals surface area contributed by atoms with Crippen molar-refractivity contribution in [1.29, 1.82) is 0 Å². The van der Waals surface area contributed by atoms with E-state index in [1.54, 1.807) is 24.3 Å². The summed E-state index contributed by atoms with van der Waals surface area (Å²) in [5.41, 5.74) is 11.2. The fraction of sp³-hybridized carbons (Fsp3) is 0.391. The number of amides is 2. The van der Waals surface area contributed by atoms with Crippen LogP contribution in [0.3, 0.4) is 0 Å². The Kier molecular flexibility index (Phi) is 6.60. The smallest absolute Gasteiger partial charge is 0.405 e. The highest BCUT2D eigenvalue weighted by molar-refractivity contribution is 7.92. The van der Waals surface area contributed by atoms with E-state index < -0.39 is 21.7 Å². The van der Waals surface area contributed by atoms with Gasteiger partial charge in [-0.2, -0.15) is 0 Å². The number of anilines is 3. The van der Waals surface area contributed by atoms with E-state index in [0.717, 1.165) is 0 Å². The number of nitrogen functional groups attached to an aromatic ring is 1. The van der Waals surface area contributed by atoms with E-state index in [1.807, 2.05) is 20.8 Å². The first kappa shape index (κ1) is 24.4. The Morgan fingerprint density at radius 1 is 1.12 bits per heavy atom. The summed E-state index contributed by atoms with van der Waals surface area (Å²) in [4.78, 5) is 24.0. The molecule has 0 heterocycles. The minimum Gasteiger partial charge on any atom is -0.443 e. The minimum atomic E-state index is -3.75. The molecule has 0 unspecified atom stereocenters. The summed E-state index contributed by atoms with van der Waals surface area (Å²) in [5, 5.41) is 2.76. The van der Waals surface area contributed by atoms with Gasteiger partial charge in [-0.1, -0.05) is 39.0 Å². The Labute approximate surface area is 193 Å². The third kappa shape index (κ3) is 5.57. The molecule has 6 N–H and O–H groups in total. The largest absolute Gasteiger partial charge is 0.443 e. The molecule has 0 aliphatic heterocycles. The number of hydrogen-bond acceptors (Lipinski definition) is 6. The number of hydrogen-bond donors (Lipinski definition) is 4. The molecule has 2 amide bonds. The van der Waals surface area contributed by atoms with E-state index in [2.05, 4.69) is 10.0 Å². The van der Waals surface area contributed by atoms with Crippen molar-refractivity contribution in [2.75, 3.05) is 15.8 Å². The summed E-state index contributed by atoms with van der Waals surface area (Å²) in [6.45, 7) is 5.92. The second-order valence-corrected chi connectivity index (χ2v) is 11.1. The van der Waals surface area contributed by atoms with Crippen molar-refractivity contribution >= 4 is 39.1 Å². The number of primary amides is 1. The lowest BCUT2D eigenvalue weighted by molar-refractivity contribution is -0.152. The number of nitrogens with one attached hydrogen (secondary N) is 2. The average molecular weight is 475 g/mol. The summed E-state index contributed by atoms with van der Waals surface area (Å²) in [7, 11) is -3.75. The predicted molar refractivity (Wildman–Crippen MR) is 127 cm³/mol. The molecule has 178 valence electrons. The van der Waals surface area contributed by atoms with Gasteiger partial charge in [-0.25, -0.2) is 13.2 Å². The van der Waals surface area contributed by atoms with Crippen molar-refractivity contribution in [3.63, 3.8) is 0 Å². The zero-order chi connectivity index (χ0) is 24.4. The van der Waals surface area contributed by atoms with Gasteiger partial charge in [-0.05, 0) is 49.1 Å². The standard InChI is InChI=1S/C23H30N4O5S/c1-22(2,3)23(32-21(25)29)13-15(14-23)11-20(28)26-19-10-9-16(12-18(19)24)27-33(30,31)17-7-5-4-6-8-17/h4-10,12,15,27H,11,13-14,24H2,1-3H3,(H2,25,29)(H,26,28)/t15-,23-. The van der Waals surface area contributed by atoms with E-state index in [-0.39, 0.29) is 39.9 Å². The Balaban J connectivity index is 1.60. The van der Waals surface area contributed by atoms with Gasteiger partial charge in [0.05, 0.1) is 22.0 Å². The van der Waals surface area contributed by atoms with Crippen LogP contribution in [0.4, 0.5) is 21.9 Å². The van der Waals surface area contributed by atoms with Gasteiger partial charge >= 0.3 is 6.09 Å². The topological polar surface area (TPSA) is 154 Å². The van der Waals surface area contributed by atoms with Gasteiger partial charge < -0.3 is 21.5 Å². The first-order chi connectivity index (χ1) is 15.3. The van der Waals surface area contributed by atoms with Crippen LogP contribution in [-0.4, -0.2) is 26.0 Å². The van der Waals surface area contributed by atoms with Gasteiger partial charge in [-0.3, -0.25) is 9.52 Å². The third-order valence-electron chi connectivity index (χ3n) is 6.01. The van der Waals surface area contributed by atoms with E-state index in [9.17, 15) is 18.0 Å². The number of benzene rings is 2. The fourth-order valence-corrected chi connectivity index (χ4v) is 5.15. The Morgan fingerprint density at radius 3 is 2.30 bits per heavy atom. The molecule has 0 atom stereocenters. The number of rotatable bonds is 7. The molecule has 33 heavy (non-hydrogen) atoms. The summed E-state index contributed by atoms with van der Waals surface area (Å²) in [6, 6.07) is 12.5. The van der Waals surface area contributed by atoms with Gasteiger partial charge in [0.25, 0.3) is 10.0 Å². The van der Waals surface area contributed by atoms with Crippen LogP contribution in [0.5, 0.6) is 0 Å². The Bertz CT molecular complexity index is 1140. The molecule has 0 spiro atoms. The molecule has 1 saturated carbocycles. The predicted octanol–water partition coefficient (Wildman–Crippen LogP) is 3.69. The zero-order valence-electron chi connectivity index (χ0n) is 18.9. The molecule has 1 fully saturated rings. The lowest BCUT2D eigenvalue weighted by Crippen LogP contribution is -2.57. The highest BCUT2D eigenvalue weighted by Crippen LogP contribution is 2.53. The summed E-state index contributed by atoms with van der Waals surface area (Å²) >= 11 is 0. The first-order valence-electron chi connectivity index (χ1n) is 10.6. The van der Waals surface area contributed by atoms with Crippen LogP contribution >= 0.6 is 0 Å². The SMILES string of the molecule is CC(C)(C)[C@]1(OC(N)=O)C[C@H](CC(=O)Nc2ccc(NS(=O)(=O)c3ccccc3)cc2N)C1. The molecule has 10 heteroatoms. The number of carbonyl (C=O) groups is 2. The van der Waals surface area contributed by atoms with Gasteiger partial charge in [0.2, 0.25) is 5.91 Å². The van der Waals surface area contributed by atoms with E-state index in [1.165, 1.54) is 24.3 Å². The molecule has 2 aromatic carbocycles. The molecule has 1 aliphatic carbocycles. The van der Waals surface area contributed by atoms with Crippen molar-refractivity contribution in [2.24, 2.45) is 17.1 Å². The van der Waals surface area contributed by atoms with Crippen LogP contribution in [0.25, 0.3) is 0 Å². The van der Waals surface area contributed by atoms with Crippen molar-refractivity contribution in [2.45, 2.75) is 50.5 Å². The molecule has 0 radical (unpaired) electrons. The monoisotopic (exact) mass is 474 g/mol. The molecule has 2 aromatic rings. The highest BCUT2D eigenvalue weighted by atomic mass is 32.2. The summed E-state index contributed by atoms with van der Waals surface area (Å²) in [6.07, 6.45) is 0.510. The lowest BCUT2D eigenvalue weighted by atomic mass is 9.58. The summed E-state index contributed by atoms with van der Waals surface area (Å²) in [5.74, 6) is -0.187. The molecule has 0 bridgehead atoms. The van der Waals surface area contributed by atoms with Crippen LogP contribution in [0.2, 0.25) is 0 Å². The van der Waals surface area contributed by atoms with Gasteiger partial charge in [0, 0.05) is 11.8 Å². The van der Waals surface area contributed by atoms with Crippen molar-refractivity contribution in [3.8, 4) is 0 Å². The second-order valence-electron chi connectivity index (χ2n) is 9.41. The second kappa shape index (κ2) is 8.93. The number of sulfonamides is 1. The zero-order valence-corrected chi connectivity index (χ0v) is 19.7. The maximum atomic E-state index is 12.5. The maximum absolute atomic E-state index is 12.5. The average Bonchev–Trinajstić information content (AvgIpc) is 2.67. The van der Waals surface area contributed by atoms with Crippen molar-refractivity contribution in [3.05, 3.63) is 48.5 Å². The highest BCUT2D eigenvalue weighted by Gasteiger charge is 2.55. The van der Waals surface area contributed by atoms with Crippen LogP contribution in [0.15, 0.2) is 53.4 Å². The van der Waals surface area contributed by atoms with Gasteiger partial charge in [-0.15, -0.1) is 0 Å². The fourth-order valence-electron chi connectivity index (χ4n) is 4.08. The minimum absolute atomic E-state index is 0.0433. The van der Waals surface area contributed by atoms with Gasteiger partial charge in [0.1, 0.15) is 5.60 Å². The van der Waals surface area contributed by atoms with E-state index in [0.29, 0.717) is 18.5 Å². The number of nitrogens with two attached hydrogens (primary N) is 2. The van der Waals surface area contributed by atoms with E-state index >= 15 is 0 Å². The number of ether oxygens (including phenoxy) is 1. The molecule has 3 rings (SSSR count). The molecular weight excluding hydrogens is 444 g/mol. The lowest BCUT2D eigenvalue weighted by Gasteiger charge is -2.54. The van der Waals surface area contributed by atoms with Crippen molar-refractivity contribution < 1.29 is 22.7 Å². The molecular formula is C23H30N4O5S. The molecule has 1 aliphatic rings. The molecule has 0 saturated heterocycles. The number of carbonyl (C=O) groups excluding carboxylic acids is 2. The first-order valence-corrected chi connectivity index (χ1v) is 12.1. The van der Waals surface area contributed by atoms with Crippen LogP contribution in [-0.2, 0) is 19.6 Å². The molecule has 0 aromatic heterocycles. The van der Waals surface area contributed by atoms with Crippen molar-refractivity contribution in [1.82, 2.24) is 0 Å². The third-order valence-corrected chi connectivity index (χ3v) is 7.40. The van der Waals surface area contributed by atoms with Gasteiger partial charge in [0.15, 0.2) is 0 Å².